The van der Waals surface area contributed by atoms with Gasteiger partial charge in [-0.1, -0.05) is 36.4 Å². The van der Waals surface area contributed by atoms with Crippen LogP contribution in [0, 0.1) is 0 Å². The first-order chi connectivity index (χ1) is 19.9. The summed E-state index contributed by atoms with van der Waals surface area (Å²) >= 11 is 1.47. The first-order valence-electron chi connectivity index (χ1n) is 13.3. The number of carbonyl (C=O) groups excluding carboxylic acids is 2. The lowest BCUT2D eigenvalue weighted by Gasteiger charge is -2.14. The number of pyridine rings is 2. The molecule has 0 atom stereocenters. The first kappa shape index (κ1) is 27.7. The maximum atomic E-state index is 13.5. The number of thiazole rings is 1. The molecule has 0 aliphatic heterocycles. The van der Waals surface area contributed by atoms with Gasteiger partial charge in [0.2, 0.25) is 5.43 Å². The fraction of sp³-hybridized carbons (Fsp3) is 0.194. The Labute approximate surface area is 240 Å². The van der Waals surface area contributed by atoms with E-state index in [0.29, 0.717) is 29.8 Å². The molecule has 0 fully saturated rings. The molecule has 0 saturated carbocycles. The predicted molar refractivity (Wildman–Crippen MR) is 162 cm³/mol. The lowest BCUT2D eigenvalue weighted by molar-refractivity contribution is 0.0524. The highest BCUT2D eigenvalue weighted by Crippen LogP contribution is 2.37. The summed E-state index contributed by atoms with van der Waals surface area (Å²) < 4.78 is 7.00. The van der Waals surface area contributed by atoms with Crippen LogP contribution in [0.15, 0.2) is 77.2 Å². The number of rotatable bonds is 8. The summed E-state index contributed by atoms with van der Waals surface area (Å²) in [5.41, 5.74) is 4.32. The van der Waals surface area contributed by atoms with Crippen molar-refractivity contribution in [2.24, 2.45) is 0 Å². The minimum Gasteiger partial charge on any atom is -0.462 e. The summed E-state index contributed by atoms with van der Waals surface area (Å²) in [4.78, 5) is 47.6. The highest BCUT2D eigenvalue weighted by atomic mass is 32.1. The van der Waals surface area contributed by atoms with Gasteiger partial charge in [0.1, 0.15) is 16.4 Å². The van der Waals surface area contributed by atoms with Crippen molar-refractivity contribution in [3.63, 3.8) is 0 Å². The number of esters is 1. The molecule has 9 nitrogen and oxygen atoms in total. The fourth-order valence-electron chi connectivity index (χ4n) is 4.57. The van der Waals surface area contributed by atoms with Gasteiger partial charge in [0.15, 0.2) is 0 Å². The van der Waals surface area contributed by atoms with Gasteiger partial charge in [-0.05, 0) is 44.5 Å². The molecule has 3 heterocycles. The lowest BCUT2D eigenvalue weighted by atomic mass is 9.99. The van der Waals surface area contributed by atoms with Crippen LogP contribution < -0.4 is 16.1 Å². The molecule has 208 valence electrons. The summed E-state index contributed by atoms with van der Waals surface area (Å²) in [7, 11) is 0. The molecule has 0 saturated heterocycles. The van der Waals surface area contributed by atoms with Crippen molar-refractivity contribution in [3.8, 4) is 33.0 Å². The Morgan fingerprint density at radius 1 is 1.00 bits per heavy atom. The van der Waals surface area contributed by atoms with E-state index in [9.17, 15) is 14.4 Å². The third kappa shape index (κ3) is 5.73. The van der Waals surface area contributed by atoms with E-state index in [1.165, 1.54) is 11.3 Å². The number of nitrogens with one attached hydrogen (secondary N) is 2. The van der Waals surface area contributed by atoms with Crippen molar-refractivity contribution in [1.29, 1.82) is 0 Å². The minimum absolute atomic E-state index is 0.00870. The van der Waals surface area contributed by atoms with Crippen molar-refractivity contribution in [1.82, 2.24) is 19.9 Å². The Kier molecular flexibility index (Phi) is 8.21. The summed E-state index contributed by atoms with van der Waals surface area (Å²) in [5, 5.41) is 8.58. The molecule has 0 spiro atoms. The maximum Gasteiger partial charge on any atom is 0.343 e. The second kappa shape index (κ2) is 12.1. The van der Waals surface area contributed by atoms with Crippen molar-refractivity contribution in [2.45, 2.75) is 27.3 Å². The second-order valence-corrected chi connectivity index (χ2v) is 9.97. The van der Waals surface area contributed by atoms with E-state index >= 15 is 0 Å². The van der Waals surface area contributed by atoms with Crippen LogP contribution in [0.1, 0.15) is 31.1 Å². The molecule has 5 aromatic rings. The zero-order chi connectivity index (χ0) is 28.9. The normalized spacial score (nSPS) is 10.9. The molecule has 2 aromatic carbocycles. The highest BCUT2D eigenvalue weighted by Gasteiger charge is 2.19. The Morgan fingerprint density at radius 2 is 1.80 bits per heavy atom. The summed E-state index contributed by atoms with van der Waals surface area (Å²) in [6.07, 6.45) is 3.22. The molecular formula is C31H29N5O4S. The number of aromatic nitrogens is 3. The molecule has 0 unspecified atom stereocenters. The highest BCUT2D eigenvalue weighted by molar-refractivity contribution is 7.13. The molecule has 2 N–H and O–H groups in total. The van der Waals surface area contributed by atoms with Crippen molar-refractivity contribution < 1.29 is 14.3 Å². The van der Waals surface area contributed by atoms with E-state index in [2.05, 4.69) is 15.6 Å². The average molecular weight is 568 g/mol. The number of carbonyl (C=O) groups is 2. The molecule has 0 bridgehead atoms. The van der Waals surface area contributed by atoms with E-state index in [1.54, 1.807) is 31.5 Å². The second-order valence-electron chi connectivity index (χ2n) is 9.11. The number of nitrogens with zero attached hydrogens (tertiary/aromatic N) is 3. The van der Waals surface area contributed by atoms with Crippen LogP contribution in [0.3, 0.4) is 0 Å². The molecule has 10 heteroatoms. The monoisotopic (exact) mass is 567 g/mol. The molecule has 3 aromatic heterocycles. The van der Waals surface area contributed by atoms with Crippen molar-refractivity contribution in [2.75, 3.05) is 18.5 Å². The van der Waals surface area contributed by atoms with Gasteiger partial charge in [-0.3, -0.25) is 10.1 Å². The molecule has 5 rings (SSSR count). The lowest BCUT2D eigenvalue weighted by Crippen LogP contribution is -2.28. The standard InChI is InChI=1S/C31H29N5O4S/c1-4-32-31(39)35-27-15-21(29-34-25(18-41-29)19-10-8-7-9-11-19)23(16-33-27)20-12-13-26-22(14-20)28(37)24(17-36(26)5-2)30(38)40-6-3/h7-18H,4-6H2,1-3H3,(H2,32,33,35,39). The van der Waals surface area contributed by atoms with E-state index in [-0.39, 0.29) is 18.2 Å². The van der Waals surface area contributed by atoms with Crippen molar-refractivity contribution in [3.05, 3.63) is 88.2 Å². The molecule has 0 aliphatic rings. The van der Waals surface area contributed by atoms with Crippen LogP contribution in [-0.2, 0) is 11.3 Å². The van der Waals surface area contributed by atoms with Crippen molar-refractivity contribution >= 4 is 40.1 Å². The zero-order valence-electron chi connectivity index (χ0n) is 22.9. The number of urea groups is 1. The number of benzene rings is 2. The third-order valence-electron chi connectivity index (χ3n) is 6.51. The van der Waals surface area contributed by atoms with Gasteiger partial charge in [0, 0.05) is 52.9 Å². The number of aryl methyl sites for hydroxylation is 1. The SMILES string of the molecule is CCNC(=O)Nc1cc(-c2nc(-c3ccccc3)cs2)c(-c2ccc3c(c2)c(=O)c(C(=O)OCC)cn3CC)cn1. The number of fused-ring (bicyclic) bond motifs is 1. The van der Waals surface area contributed by atoms with E-state index in [0.717, 1.165) is 33.0 Å². The van der Waals surface area contributed by atoms with Crippen LogP contribution in [0.2, 0.25) is 0 Å². The fourth-order valence-corrected chi connectivity index (χ4v) is 5.43. The summed E-state index contributed by atoms with van der Waals surface area (Å²) in [5.74, 6) is -0.281. The predicted octanol–water partition coefficient (Wildman–Crippen LogP) is 6.19. The minimum atomic E-state index is -0.647. The quantitative estimate of drug-likeness (QED) is 0.216. The van der Waals surface area contributed by atoms with E-state index < -0.39 is 11.4 Å². The Balaban J connectivity index is 1.67. The average Bonchev–Trinajstić information content (AvgIpc) is 3.48. The molecule has 0 radical (unpaired) electrons. The van der Waals surface area contributed by atoms with Crippen LogP contribution in [0.25, 0.3) is 43.9 Å². The first-order valence-corrected chi connectivity index (χ1v) is 14.2. The largest absolute Gasteiger partial charge is 0.462 e. The summed E-state index contributed by atoms with van der Waals surface area (Å²) in [6, 6.07) is 16.9. The Morgan fingerprint density at radius 3 is 2.54 bits per heavy atom. The molecule has 41 heavy (non-hydrogen) atoms. The van der Waals surface area contributed by atoms with Gasteiger partial charge >= 0.3 is 12.0 Å². The van der Waals surface area contributed by atoms with Crippen LogP contribution in [-0.4, -0.2) is 39.7 Å². The van der Waals surface area contributed by atoms with Gasteiger partial charge in [-0.15, -0.1) is 11.3 Å². The number of ether oxygens (including phenoxy) is 1. The third-order valence-corrected chi connectivity index (χ3v) is 7.39. The number of anilines is 1. The summed E-state index contributed by atoms with van der Waals surface area (Å²) in [6.45, 7) is 6.70. The topological polar surface area (TPSA) is 115 Å². The van der Waals surface area contributed by atoms with Gasteiger partial charge in [0.25, 0.3) is 0 Å². The van der Waals surface area contributed by atoms with E-state index in [4.69, 9.17) is 9.72 Å². The maximum absolute atomic E-state index is 13.5. The van der Waals surface area contributed by atoms with Crippen LogP contribution in [0.5, 0.6) is 0 Å². The number of amides is 2. The smallest absolute Gasteiger partial charge is 0.343 e. The van der Waals surface area contributed by atoms with Gasteiger partial charge < -0.3 is 14.6 Å². The van der Waals surface area contributed by atoms with Crippen LogP contribution >= 0.6 is 11.3 Å². The van der Waals surface area contributed by atoms with Crippen LogP contribution in [0.4, 0.5) is 10.6 Å². The van der Waals surface area contributed by atoms with Gasteiger partial charge in [-0.25, -0.2) is 19.6 Å². The molecule has 0 aliphatic carbocycles. The Hall–Kier alpha value is -4.83. The Bertz CT molecular complexity index is 1800. The zero-order valence-corrected chi connectivity index (χ0v) is 23.7. The van der Waals surface area contributed by atoms with E-state index in [1.807, 2.05) is 66.3 Å². The molecular weight excluding hydrogens is 538 g/mol. The molecule has 2 amide bonds. The number of hydrogen-bond donors (Lipinski definition) is 2. The number of hydrogen-bond acceptors (Lipinski definition) is 7. The van der Waals surface area contributed by atoms with Gasteiger partial charge in [-0.2, -0.15) is 0 Å². The van der Waals surface area contributed by atoms with Gasteiger partial charge in [0.05, 0.1) is 17.8 Å².